The number of hydrogen-bond acceptors (Lipinski definition) is 3. The second-order valence-corrected chi connectivity index (χ2v) is 7.26. The van der Waals surface area contributed by atoms with Gasteiger partial charge in [-0.3, -0.25) is 4.90 Å². The molecule has 1 fully saturated rings. The van der Waals surface area contributed by atoms with Gasteiger partial charge in [-0.15, -0.1) is 11.3 Å². The summed E-state index contributed by atoms with van der Waals surface area (Å²) in [6.45, 7) is 5.77. The highest BCUT2D eigenvalue weighted by Gasteiger charge is 2.30. The van der Waals surface area contributed by atoms with E-state index in [4.69, 9.17) is 5.73 Å². The van der Waals surface area contributed by atoms with Gasteiger partial charge in [-0.1, -0.05) is 12.8 Å². The molecular weight excluding hydrogens is 252 g/mol. The zero-order valence-corrected chi connectivity index (χ0v) is 12.8. The SMILES string of the molecule is CC1c2ccsc2CCN1CC1CCCCC1CN. The Labute approximate surface area is 121 Å². The Morgan fingerprint density at radius 2 is 2.11 bits per heavy atom. The van der Waals surface area contributed by atoms with Crippen LogP contribution in [0.1, 0.15) is 49.1 Å². The molecule has 0 aromatic carbocycles. The third-order valence-electron chi connectivity index (χ3n) is 5.24. The van der Waals surface area contributed by atoms with E-state index in [-0.39, 0.29) is 0 Å². The molecule has 3 atom stereocenters. The van der Waals surface area contributed by atoms with Crippen LogP contribution in [0.4, 0.5) is 0 Å². The van der Waals surface area contributed by atoms with Gasteiger partial charge in [0, 0.05) is 24.0 Å². The molecule has 1 saturated carbocycles. The zero-order valence-electron chi connectivity index (χ0n) is 12.0. The summed E-state index contributed by atoms with van der Waals surface area (Å²) in [6.07, 6.45) is 6.79. The highest BCUT2D eigenvalue weighted by Crippen LogP contribution is 2.36. The number of fused-ring (bicyclic) bond motifs is 1. The molecule has 1 aliphatic heterocycles. The van der Waals surface area contributed by atoms with Crippen molar-refractivity contribution in [2.75, 3.05) is 19.6 Å². The minimum absolute atomic E-state index is 0.607. The van der Waals surface area contributed by atoms with Gasteiger partial charge in [0.25, 0.3) is 0 Å². The molecule has 0 radical (unpaired) electrons. The molecule has 2 aliphatic rings. The Balaban J connectivity index is 1.67. The number of nitrogens with two attached hydrogens (primary N) is 1. The van der Waals surface area contributed by atoms with Gasteiger partial charge < -0.3 is 5.73 Å². The fraction of sp³-hybridized carbons (Fsp3) is 0.750. The van der Waals surface area contributed by atoms with Gasteiger partial charge in [-0.05, 0) is 61.6 Å². The van der Waals surface area contributed by atoms with E-state index in [9.17, 15) is 0 Å². The summed E-state index contributed by atoms with van der Waals surface area (Å²) in [6, 6.07) is 2.94. The third kappa shape index (κ3) is 2.74. The molecule has 0 spiro atoms. The number of hydrogen-bond donors (Lipinski definition) is 1. The van der Waals surface area contributed by atoms with Crippen molar-refractivity contribution in [2.24, 2.45) is 17.6 Å². The van der Waals surface area contributed by atoms with E-state index in [0.717, 1.165) is 18.4 Å². The molecular formula is C16H26N2S. The van der Waals surface area contributed by atoms with Gasteiger partial charge in [0.2, 0.25) is 0 Å². The summed E-state index contributed by atoms with van der Waals surface area (Å²) in [7, 11) is 0. The molecule has 106 valence electrons. The maximum absolute atomic E-state index is 5.98. The molecule has 1 aliphatic carbocycles. The molecule has 1 aromatic heterocycles. The first-order valence-corrected chi connectivity index (χ1v) is 8.68. The van der Waals surface area contributed by atoms with Crippen LogP contribution in [0.25, 0.3) is 0 Å². The molecule has 2 N–H and O–H groups in total. The summed E-state index contributed by atoms with van der Waals surface area (Å²) in [5.74, 6) is 1.60. The van der Waals surface area contributed by atoms with Crippen molar-refractivity contribution >= 4 is 11.3 Å². The summed E-state index contributed by atoms with van der Waals surface area (Å²) in [5, 5.41) is 2.26. The largest absolute Gasteiger partial charge is 0.330 e. The second kappa shape index (κ2) is 5.94. The van der Waals surface area contributed by atoms with Crippen LogP contribution in [0.15, 0.2) is 11.4 Å². The molecule has 0 saturated heterocycles. The average molecular weight is 278 g/mol. The highest BCUT2D eigenvalue weighted by molar-refractivity contribution is 7.10. The molecule has 3 unspecified atom stereocenters. The zero-order chi connectivity index (χ0) is 13.2. The van der Waals surface area contributed by atoms with Crippen LogP contribution < -0.4 is 5.73 Å². The normalized spacial score (nSPS) is 32.2. The van der Waals surface area contributed by atoms with Gasteiger partial charge in [-0.25, -0.2) is 0 Å². The molecule has 3 heteroatoms. The van der Waals surface area contributed by atoms with E-state index in [1.807, 2.05) is 11.3 Å². The first kappa shape index (κ1) is 13.6. The van der Waals surface area contributed by atoms with Crippen LogP contribution in [0.3, 0.4) is 0 Å². The summed E-state index contributed by atoms with van der Waals surface area (Å²) in [4.78, 5) is 4.32. The van der Waals surface area contributed by atoms with Gasteiger partial charge >= 0.3 is 0 Å². The van der Waals surface area contributed by atoms with Gasteiger partial charge in [0.05, 0.1) is 0 Å². The third-order valence-corrected chi connectivity index (χ3v) is 6.24. The Morgan fingerprint density at radius 3 is 2.89 bits per heavy atom. The minimum atomic E-state index is 0.607. The lowest BCUT2D eigenvalue weighted by Gasteiger charge is -2.39. The molecule has 0 bridgehead atoms. The standard InChI is InChI=1S/C16H26N2S/c1-12-15-7-9-19-16(15)6-8-18(12)11-14-5-3-2-4-13(14)10-17/h7,9,12-14H,2-6,8,10-11,17H2,1H3. The summed E-state index contributed by atoms with van der Waals surface area (Å²) < 4.78 is 0. The van der Waals surface area contributed by atoms with Crippen molar-refractivity contribution in [3.8, 4) is 0 Å². The smallest absolute Gasteiger partial charge is 0.0331 e. The maximum atomic E-state index is 5.98. The van der Waals surface area contributed by atoms with Crippen molar-refractivity contribution in [3.05, 3.63) is 21.9 Å². The lowest BCUT2D eigenvalue weighted by atomic mass is 9.78. The van der Waals surface area contributed by atoms with Crippen molar-refractivity contribution in [1.29, 1.82) is 0 Å². The molecule has 2 heterocycles. The molecule has 2 nitrogen and oxygen atoms in total. The molecule has 1 aromatic rings. The number of rotatable bonds is 3. The van der Waals surface area contributed by atoms with E-state index in [2.05, 4.69) is 23.3 Å². The summed E-state index contributed by atoms with van der Waals surface area (Å²) >= 11 is 1.94. The van der Waals surface area contributed by atoms with Crippen LogP contribution in [-0.2, 0) is 6.42 Å². The van der Waals surface area contributed by atoms with E-state index in [0.29, 0.717) is 6.04 Å². The maximum Gasteiger partial charge on any atom is 0.0331 e. The minimum Gasteiger partial charge on any atom is -0.330 e. The first-order chi connectivity index (χ1) is 9.29. The molecule has 3 rings (SSSR count). The van der Waals surface area contributed by atoms with Crippen LogP contribution in [0, 0.1) is 11.8 Å². The Bertz CT molecular complexity index is 415. The Hall–Kier alpha value is -0.380. The number of thiophene rings is 1. The van der Waals surface area contributed by atoms with E-state index in [1.165, 1.54) is 45.2 Å². The van der Waals surface area contributed by atoms with Crippen LogP contribution in [-0.4, -0.2) is 24.5 Å². The monoisotopic (exact) mass is 278 g/mol. The fourth-order valence-electron chi connectivity index (χ4n) is 3.95. The lowest BCUT2D eigenvalue weighted by Crippen LogP contribution is -2.41. The van der Waals surface area contributed by atoms with Gasteiger partial charge in [-0.2, -0.15) is 0 Å². The van der Waals surface area contributed by atoms with Crippen molar-refractivity contribution in [1.82, 2.24) is 4.90 Å². The number of nitrogens with zero attached hydrogens (tertiary/aromatic N) is 1. The topological polar surface area (TPSA) is 29.3 Å². The highest BCUT2D eigenvalue weighted by atomic mass is 32.1. The van der Waals surface area contributed by atoms with Crippen molar-refractivity contribution < 1.29 is 0 Å². The lowest BCUT2D eigenvalue weighted by molar-refractivity contribution is 0.119. The van der Waals surface area contributed by atoms with Crippen LogP contribution >= 0.6 is 11.3 Å². The molecule has 19 heavy (non-hydrogen) atoms. The average Bonchev–Trinajstić information content (AvgIpc) is 2.92. The van der Waals surface area contributed by atoms with Crippen LogP contribution in [0.2, 0.25) is 0 Å². The second-order valence-electron chi connectivity index (χ2n) is 6.26. The van der Waals surface area contributed by atoms with Gasteiger partial charge in [0.15, 0.2) is 0 Å². The van der Waals surface area contributed by atoms with E-state index >= 15 is 0 Å². The van der Waals surface area contributed by atoms with Crippen molar-refractivity contribution in [2.45, 2.75) is 45.1 Å². The summed E-state index contributed by atoms with van der Waals surface area (Å²) in [5.41, 5.74) is 7.56. The molecule has 0 amide bonds. The van der Waals surface area contributed by atoms with E-state index in [1.54, 1.807) is 10.4 Å². The van der Waals surface area contributed by atoms with Crippen LogP contribution in [0.5, 0.6) is 0 Å². The van der Waals surface area contributed by atoms with E-state index < -0.39 is 0 Å². The van der Waals surface area contributed by atoms with Crippen molar-refractivity contribution in [3.63, 3.8) is 0 Å². The first-order valence-electron chi connectivity index (χ1n) is 7.80. The predicted octanol–water partition coefficient (Wildman–Crippen LogP) is 3.43. The Morgan fingerprint density at radius 1 is 1.32 bits per heavy atom. The predicted molar refractivity (Wildman–Crippen MR) is 82.5 cm³/mol. The van der Waals surface area contributed by atoms with Gasteiger partial charge in [0.1, 0.15) is 0 Å². The quantitative estimate of drug-likeness (QED) is 0.918. The fourth-order valence-corrected chi connectivity index (χ4v) is 4.91. The Kier molecular flexibility index (Phi) is 4.25.